The van der Waals surface area contributed by atoms with Gasteiger partial charge < -0.3 is 10.0 Å². The topological polar surface area (TPSA) is 70.5 Å². The van der Waals surface area contributed by atoms with Gasteiger partial charge in [-0.3, -0.25) is 4.79 Å². The smallest absolute Gasteiger partial charge is 0.326 e. The number of hydrogen-bond donors (Lipinski definition) is 1. The third-order valence-electron chi connectivity index (χ3n) is 4.58. The fraction of sp³-hybridized carbons (Fsp3) is 0.533. The normalized spacial score (nSPS) is 28.2. The first-order valence-electron chi connectivity index (χ1n) is 7.25. The monoisotopic (exact) mass is 292 g/mol. The summed E-state index contributed by atoms with van der Waals surface area (Å²) < 4.78 is 13.2. The predicted molar refractivity (Wildman–Crippen MR) is 72.2 cm³/mol. The second-order valence-electron chi connectivity index (χ2n) is 5.78. The lowest BCUT2D eigenvalue weighted by atomic mass is 9.84. The van der Waals surface area contributed by atoms with Crippen LogP contribution in [0.4, 0.5) is 4.39 Å². The Morgan fingerprint density at radius 2 is 2.10 bits per heavy atom. The molecule has 3 rings (SSSR count). The number of pyridine rings is 1. The molecule has 0 bridgehead atoms. The van der Waals surface area contributed by atoms with Crippen molar-refractivity contribution in [3.63, 3.8) is 0 Å². The van der Waals surface area contributed by atoms with Gasteiger partial charge in [0.25, 0.3) is 5.91 Å². The summed E-state index contributed by atoms with van der Waals surface area (Å²) in [5.41, 5.74) is 0.167. The van der Waals surface area contributed by atoms with Crippen molar-refractivity contribution in [3.8, 4) is 0 Å². The number of hydrogen-bond acceptors (Lipinski definition) is 3. The number of nitrogens with zero attached hydrogens (tertiary/aromatic N) is 2. The second kappa shape index (κ2) is 5.42. The number of amides is 1. The maximum absolute atomic E-state index is 13.2. The molecule has 5 nitrogen and oxygen atoms in total. The summed E-state index contributed by atoms with van der Waals surface area (Å²) in [6.45, 7) is 0. The molecule has 3 atom stereocenters. The van der Waals surface area contributed by atoms with E-state index in [9.17, 15) is 19.1 Å². The van der Waals surface area contributed by atoms with Gasteiger partial charge in [-0.05, 0) is 31.2 Å². The van der Waals surface area contributed by atoms with Crippen molar-refractivity contribution in [3.05, 3.63) is 29.8 Å². The lowest BCUT2D eigenvalue weighted by Crippen LogP contribution is -2.46. The molecule has 6 heteroatoms. The average molecular weight is 292 g/mol. The highest BCUT2D eigenvalue weighted by molar-refractivity contribution is 5.97. The van der Waals surface area contributed by atoms with Gasteiger partial charge in [0.15, 0.2) is 0 Å². The molecule has 3 unspecified atom stereocenters. The molecule has 1 aromatic heterocycles. The van der Waals surface area contributed by atoms with E-state index in [4.69, 9.17) is 0 Å². The Hall–Kier alpha value is -1.98. The molecule has 1 aliphatic heterocycles. The van der Waals surface area contributed by atoms with E-state index < -0.39 is 23.9 Å². The van der Waals surface area contributed by atoms with Crippen LogP contribution in [-0.4, -0.2) is 39.0 Å². The van der Waals surface area contributed by atoms with Crippen LogP contribution in [0.25, 0.3) is 0 Å². The molecule has 0 spiro atoms. The second-order valence-corrected chi connectivity index (χ2v) is 5.78. The number of aliphatic carboxylic acids is 1. The van der Waals surface area contributed by atoms with Crippen LogP contribution in [0.5, 0.6) is 0 Å². The van der Waals surface area contributed by atoms with Crippen LogP contribution in [0, 0.1) is 11.9 Å². The van der Waals surface area contributed by atoms with Crippen LogP contribution in [0.15, 0.2) is 18.3 Å². The molecule has 112 valence electrons. The van der Waals surface area contributed by atoms with Crippen molar-refractivity contribution in [2.45, 2.75) is 44.2 Å². The van der Waals surface area contributed by atoms with Crippen LogP contribution in [0.3, 0.4) is 0 Å². The van der Waals surface area contributed by atoms with Crippen molar-refractivity contribution in [2.24, 2.45) is 5.92 Å². The highest BCUT2D eigenvalue weighted by Crippen LogP contribution is 2.40. The minimum atomic E-state index is -0.979. The molecule has 0 aromatic carbocycles. The van der Waals surface area contributed by atoms with Crippen LogP contribution < -0.4 is 0 Å². The van der Waals surface area contributed by atoms with Crippen LogP contribution in [-0.2, 0) is 4.79 Å². The number of carboxylic acids is 1. The summed E-state index contributed by atoms with van der Waals surface area (Å²) in [7, 11) is 0. The maximum atomic E-state index is 13.2. The zero-order chi connectivity index (χ0) is 15.0. The summed E-state index contributed by atoms with van der Waals surface area (Å²) in [6, 6.07) is 1.66. The van der Waals surface area contributed by atoms with Gasteiger partial charge in [0.1, 0.15) is 6.04 Å². The number of carbonyl (C=O) groups is 2. The van der Waals surface area contributed by atoms with E-state index in [-0.39, 0.29) is 17.5 Å². The van der Waals surface area contributed by atoms with E-state index in [0.29, 0.717) is 6.42 Å². The molecule has 1 N–H and O–H groups in total. The predicted octanol–water partition coefficient (Wildman–Crippen LogP) is 2.08. The first-order valence-corrected chi connectivity index (χ1v) is 7.25. The third kappa shape index (κ3) is 2.50. The van der Waals surface area contributed by atoms with Gasteiger partial charge in [-0.25, -0.2) is 9.78 Å². The quantitative estimate of drug-likeness (QED) is 0.847. The Kier molecular flexibility index (Phi) is 3.61. The summed E-state index contributed by atoms with van der Waals surface area (Å²) in [5, 5.41) is 9.40. The molecule has 21 heavy (non-hydrogen) atoms. The minimum absolute atomic E-state index is 0.0384. The molecule has 0 radical (unpaired) electrons. The highest BCUT2D eigenvalue weighted by atomic mass is 19.1. The Labute approximate surface area is 121 Å². The standard InChI is InChI=1S/C15H17FN2O3/c16-13-8-10(5-6-17-13)14(19)18-11-4-2-1-3-9(11)7-12(18)15(20)21/h5-6,8-9,11-12H,1-4,7H2,(H,20,21). The van der Waals surface area contributed by atoms with Gasteiger partial charge in [-0.2, -0.15) is 4.39 Å². The van der Waals surface area contributed by atoms with Crippen LogP contribution >= 0.6 is 0 Å². The Morgan fingerprint density at radius 1 is 1.33 bits per heavy atom. The molecule has 2 fully saturated rings. The Bertz CT molecular complexity index is 578. The first-order chi connectivity index (χ1) is 10.1. The fourth-order valence-corrected chi connectivity index (χ4v) is 3.66. The van der Waals surface area contributed by atoms with E-state index in [1.54, 1.807) is 0 Å². The SMILES string of the molecule is O=C(O)C1CC2CCCCC2N1C(=O)c1ccnc(F)c1. The fourth-order valence-electron chi connectivity index (χ4n) is 3.66. The number of fused-ring (bicyclic) bond motifs is 1. The summed E-state index contributed by atoms with van der Waals surface area (Å²) >= 11 is 0. The van der Waals surface area contributed by atoms with Gasteiger partial charge in [-0.1, -0.05) is 12.8 Å². The van der Waals surface area contributed by atoms with Crippen LogP contribution in [0.1, 0.15) is 42.5 Å². The molecular formula is C15H17FN2O3. The number of carbonyl (C=O) groups excluding carboxylic acids is 1. The molecule has 2 aliphatic rings. The molecule has 1 aromatic rings. The Morgan fingerprint density at radius 3 is 2.81 bits per heavy atom. The third-order valence-corrected chi connectivity index (χ3v) is 4.58. The van der Waals surface area contributed by atoms with Crippen molar-refractivity contribution in [1.29, 1.82) is 0 Å². The average Bonchev–Trinajstić information content (AvgIpc) is 2.86. The summed E-state index contributed by atoms with van der Waals surface area (Å²) in [5.74, 6) is -1.87. The molecule has 1 aliphatic carbocycles. The van der Waals surface area contributed by atoms with Crippen molar-refractivity contribution in [1.82, 2.24) is 9.88 Å². The molecule has 2 heterocycles. The van der Waals surface area contributed by atoms with Crippen LogP contribution in [0.2, 0.25) is 0 Å². The largest absolute Gasteiger partial charge is 0.480 e. The minimum Gasteiger partial charge on any atom is -0.480 e. The summed E-state index contributed by atoms with van der Waals surface area (Å²) in [6.07, 6.45) is 5.60. The lowest BCUT2D eigenvalue weighted by Gasteiger charge is -2.33. The molecular weight excluding hydrogens is 275 g/mol. The van der Waals surface area contributed by atoms with Gasteiger partial charge >= 0.3 is 5.97 Å². The molecule has 1 saturated heterocycles. The van der Waals surface area contributed by atoms with E-state index >= 15 is 0 Å². The van der Waals surface area contributed by atoms with Gasteiger partial charge in [-0.15, -0.1) is 0 Å². The summed E-state index contributed by atoms with van der Waals surface area (Å²) in [4.78, 5) is 29.0. The number of rotatable bonds is 2. The maximum Gasteiger partial charge on any atom is 0.326 e. The molecule has 1 saturated carbocycles. The Balaban J connectivity index is 1.92. The first kappa shape index (κ1) is 14.0. The number of aromatic nitrogens is 1. The van der Waals surface area contributed by atoms with Crippen molar-refractivity contribution < 1.29 is 19.1 Å². The van der Waals surface area contributed by atoms with E-state index in [0.717, 1.165) is 31.7 Å². The van der Waals surface area contributed by atoms with E-state index in [1.807, 2.05) is 0 Å². The molecule has 1 amide bonds. The van der Waals surface area contributed by atoms with E-state index in [1.165, 1.54) is 17.2 Å². The van der Waals surface area contributed by atoms with Crippen molar-refractivity contribution >= 4 is 11.9 Å². The van der Waals surface area contributed by atoms with E-state index in [2.05, 4.69) is 4.98 Å². The van der Waals surface area contributed by atoms with Gasteiger partial charge in [0, 0.05) is 23.9 Å². The highest BCUT2D eigenvalue weighted by Gasteiger charge is 2.47. The number of likely N-dealkylation sites (tertiary alicyclic amines) is 1. The number of carboxylic acid groups (broad SMARTS) is 1. The number of halogens is 1. The lowest BCUT2D eigenvalue weighted by molar-refractivity contribution is -0.141. The zero-order valence-corrected chi connectivity index (χ0v) is 11.5. The zero-order valence-electron chi connectivity index (χ0n) is 11.5. The van der Waals surface area contributed by atoms with Crippen molar-refractivity contribution in [2.75, 3.05) is 0 Å². The van der Waals surface area contributed by atoms with Gasteiger partial charge in [0.2, 0.25) is 5.95 Å². The van der Waals surface area contributed by atoms with Gasteiger partial charge in [0.05, 0.1) is 0 Å².